The van der Waals surface area contributed by atoms with E-state index in [2.05, 4.69) is 15.1 Å². The molecule has 0 spiro atoms. The van der Waals surface area contributed by atoms with Gasteiger partial charge in [0.1, 0.15) is 5.69 Å². The Hall–Kier alpha value is -3.30. The second-order valence-electron chi connectivity index (χ2n) is 5.72. The van der Waals surface area contributed by atoms with Crippen LogP contribution in [0.15, 0.2) is 71.9 Å². The van der Waals surface area contributed by atoms with Crippen molar-refractivity contribution in [3.05, 3.63) is 78.4 Å². The van der Waals surface area contributed by atoms with Gasteiger partial charge in [-0.05, 0) is 55.1 Å². The lowest BCUT2D eigenvalue weighted by Crippen LogP contribution is -2.18. The van der Waals surface area contributed by atoms with Crippen molar-refractivity contribution >= 4 is 27.7 Å². The summed E-state index contributed by atoms with van der Waals surface area (Å²) < 4.78 is 41.2. The SMILES string of the molecule is CNS(=O)(=O)c1ccc(/C=C/C(=O)Nc2ccc(-n3cccn3)c(F)c2)cc1. The topological polar surface area (TPSA) is 93.1 Å². The first-order valence-corrected chi connectivity index (χ1v) is 9.69. The van der Waals surface area contributed by atoms with Crippen LogP contribution in [-0.4, -0.2) is 31.2 Å². The van der Waals surface area contributed by atoms with E-state index in [-0.39, 0.29) is 10.6 Å². The number of carbonyl (C=O) groups excluding carboxylic acids is 1. The van der Waals surface area contributed by atoms with Gasteiger partial charge >= 0.3 is 0 Å². The highest BCUT2D eigenvalue weighted by atomic mass is 32.2. The molecule has 0 aliphatic carbocycles. The van der Waals surface area contributed by atoms with Crippen LogP contribution in [0.3, 0.4) is 0 Å². The van der Waals surface area contributed by atoms with Crippen LogP contribution in [0.1, 0.15) is 5.56 Å². The second-order valence-corrected chi connectivity index (χ2v) is 7.60. The van der Waals surface area contributed by atoms with Crippen molar-refractivity contribution in [1.82, 2.24) is 14.5 Å². The zero-order valence-corrected chi connectivity index (χ0v) is 15.7. The summed E-state index contributed by atoms with van der Waals surface area (Å²) in [5, 5.41) is 6.53. The number of carbonyl (C=O) groups is 1. The Morgan fingerprint density at radius 2 is 1.93 bits per heavy atom. The van der Waals surface area contributed by atoms with Crippen molar-refractivity contribution in [2.45, 2.75) is 4.90 Å². The molecule has 3 aromatic rings. The fourth-order valence-corrected chi connectivity index (χ4v) is 3.14. The number of aromatic nitrogens is 2. The number of hydrogen-bond acceptors (Lipinski definition) is 4. The molecule has 0 saturated heterocycles. The molecular formula is C19H17FN4O3S. The number of anilines is 1. The molecule has 0 fully saturated rings. The minimum absolute atomic E-state index is 0.129. The number of nitrogens with zero attached hydrogens (tertiary/aromatic N) is 2. The maximum Gasteiger partial charge on any atom is 0.248 e. The zero-order valence-electron chi connectivity index (χ0n) is 14.8. The molecule has 3 rings (SSSR count). The van der Waals surface area contributed by atoms with Gasteiger partial charge in [-0.1, -0.05) is 12.1 Å². The quantitative estimate of drug-likeness (QED) is 0.622. The molecule has 9 heteroatoms. The largest absolute Gasteiger partial charge is 0.322 e. The van der Waals surface area contributed by atoms with E-state index in [1.54, 1.807) is 36.7 Å². The molecule has 1 heterocycles. The lowest BCUT2D eigenvalue weighted by molar-refractivity contribution is -0.111. The standard InChI is InChI=1S/C19H17FN4O3S/c1-21-28(26,27)16-7-3-14(4-8-16)5-10-19(25)23-15-6-9-18(17(20)13-15)24-12-2-11-22-24/h2-13,21H,1H3,(H,23,25)/b10-5+. The van der Waals surface area contributed by atoms with Gasteiger partial charge in [-0.15, -0.1) is 0 Å². The van der Waals surface area contributed by atoms with Gasteiger partial charge in [0, 0.05) is 24.2 Å². The Morgan fingerprint density at radius 1 is 1.18 bits per heavy atom. The second kappa shape index (κ2) is 8.15. The molecule has 28 heavy (non-hydrogen) atoms. The minimum Gasteiger partial charge on any atom is -0.322 e. The average molecular weight is 400 g/mol. The summed E-state index contributed by atoms with van der Waals surface area (Å²) in [6, 6.07) is 12.0. The van der Waals surface area contributed by atoms with Gasteiger partial charge in [0.15, 0.2) is 5.82 Å². The van der Waals surface area contributed by atoms with Crippen molar-refractivity contribution in [2.75, 3.05) is 12.4 Å². The van der Waals surface area contributed by atoms with Crippen LogP contribution in [0.4, 0.5) is 10.1 Å². The van der Waals surface area contributed by atoms with Gasteiger partial charge in [-0.25, -0.2) is 22.2 Å². The van der Waals surface area contributed by atoms with Crippen LogP contribution < -0.4 is 10.0 Å². The first kappa shape index (κ1) is 19.5. The number of hydrogen-bond donors (Lipinski definition) is 2. The Bertz CT molecular complexity index is 1110. The summed E-state index contributed by atoms with van der Waals surface area (Å²) in [5.74, 6) is -0.968. The third-order valence-corrected chi connectivity index (χ3v) is 5.28. The fourth-order valence-electron chi connectivity index (χ4n) is 2.41. The summed E-state index contributed by atoms with van der Waals surface area (Å²) in [6.07, 6.45) is 5.97. The Labute approximate surface area is 161 Å². The molecule has 0 aliphatic heterocycles. The lowest BCUT2D eigenvalue weighted by atomic mass is 10.2. The van der Waals surface area contributed by atoms with Crippen molar-refractivity contribution in [1.29, 1.82) is 0 Å². The van der Waals surface area contributed by atoms with Gasteiger partial charge in [-0.2, -0.15) is 5.10 Å². The Balaban J connectivity index is 1.66. The van der Waals surface area contributed by atoms with Crippen LogP contribution in [0.2, 0.25) is 0 Å². The van der Waals surface area contributed by atoms with E-state index in [0.29, 0.717) is 11.3 Å². The molecular weight excluding hydrogens is 383 g/mol. The van der Waals surface area contributed by atoms with Crippen LogP contribution in [0.5, 0.6) is 0 Å². The maximum atomic E-state index is 14.2. The monoisotopic (exact) mass is 400 g/mol. The Kier molecular flexibility index (Phi) is 5.67. The molecule has 2 aromatic carbocycles. The predicted molar refractivity (Wildman–Crippen MR) is 104 cm³/mol. The number of nitrogens with one attached hydrogen (secondary N) is 2. The number of halogens is 1. The highest BCUT2D eigenvalue weighted by molar-refractivity contribution is 7.89. The molecule has 0 aliphatic rings. The van der Waals surface area contributed by atoms with E-state index < -0.39 is 21.7 Å². The number of amides is 1. The minimum atomic E-state index is -3.51. The summed E-state index contributed by atoms with van der Waals surface area (Å²) in [6.45, 7) is 0. The third kappa shape index (κ3) is 4.51. The maximum absolute atomic E-state index is 14.2. The lowest BCUT2D eigenvalue weighted by Gasteiger charge is -2.07. The van der Waals surface area contributed by atoms with Gasteiger partial charge in [0.2, 0.25) is 15.9 Å². The van der Waals surface area contributed by atoms with Gasteiger partial charge < -0.3 is 5.32 Å². The molecule has 0 atom stereocenters. The number of benzene rings is 2. The normalized spacial score (nSPS) is 11.6. The molecule has 7 nitrogen and oxygen atoms in total. The molecule has 0 bridgehead atoms. The summed E-state index contributed by atoms with van der Waals surface area (Å²) in [7, 11) is -2.17. The molecule has 0 radical (unpaired) electrons. The molecule has 0 unspecified atom stereocenters. The smallest absolute Gasteiger partial charge is 0.248 e. The predicted octanol–water partition coefficient (Wildman–Crippen LogP) is 2.57. The van der Waals surface area contributed by atoms with Crippen molar-refractivity contribution in [2.24, 2.45) is 0 Å². The van der Waals surface area contributed by atoms with Crippen molar-refractivity contribution < 1.29 is 17.6 Å². The van der Waals surface area contributed by atoms with E-state index in [1.165, 1.54) is 48.1 Å². The molecule has 144 valence electrons. The Morgan fingerprint density at radius 3 is 2.54 bits per heavy atom. The third-order valence-electron chi connectivity index (χ3n) is 3.85. The van der Waals surface area contributed by atoms with Crippen LogP contribution >= 0.6 is 0 Å². The number of rotatable bonds is 6. The van der Waals surface area contributed by atoms with Crippen molar-refractivity contribution in [3.8, 4) is 5.69 Å². The summed E-state index contributed by atoms with van der Waals surface area (Å²) in [4.78, 5) is 12.2. The zero-order chi connectivity index (χ0) is 20.1. The highest BCUT2D eigenvalue weighted by Gasteiger charge is 2.10. The van der Waals surface area contributed by atoms with Crippen LogP contribution in [0, 0.1) is 5.82 Å². The van der Waals surface area contributed by atoms with E-state index in [1.807, 2.05) is 0 Å². The summed E-state index contributed by atoms with van der Waals surface area (Å²) >= 11 is 0. The van der Waals surface area contributed by atoms with E-state index in [9.17, 15) is 17.6 Å². The van der Waals surface area contributed by atoms with Gasteiger partial charge in [-0.3, -0.25) is 4.79 Å². The average Bonchev–Trinajstić information content (AvgIpc) is 3.21. The van der Waals surface area contributed by atoms with E-state index in [0.717, 1.165) is 0 Å². The molecule has 0 saturated carbocycles. The van der Waals surface area contributed by atoms with Crippen molar-refractivity contribution in [3.63, 3.8) is 0 Å². The first-order valence-electron chi connectivity index (χ1n) is 8.21. The van der Waals surface area contributed by atoms with Crippen LogP contribution in [-0.2, 0) is 14.8 Å². The molecule has 1 amide bonds. The molecule has 1 aromatic heterocycles. The number of sulfonamides is 1. The first-order chi connectivity index (χ1) is 13.4. The van der Waals surface area contributed by atoms with Gasteiger partial charge in [0.25, 0.3) is 0 Å². The fraction of sp³-hybridized carbons (Fsp3) is 0.0526. The van der Waals surface area contributed by atoms with Crippen LogP contribution in [0.25, 0.3) is 11.8 Å². The van der Waals surface area contributed by atoms with Gasteiger partial charge in [0.05, 0.1) is 4.90 Å². The summed E-state index contributed by atoms with van der Waals surface area (Å²) in [5.41, 5.74) is 1.22. The van der Waals surface area contributed by atoms with E-state index in [4.69, 9.17) is 0 Å². The van der Waals surface area contributed by atoms with E-state index >= 15 is 0 Å². The highest BCUT2D eigenvalue weighted by Crippen LogP contribution is 2.18. The molecule has 2 N–H and O–H groups in total.